The number of nitrogens with one attached hydrogen (secondary N) is 2. The largest absolute Gasteiger partial charge is 0.497 e. The second-order valence-corrected chi connectivity index (χ2v) is 5.11. The monoisotopic (exact) mass is 332 g/mol. The zero-order valence-electron chi connectivity index (χ0n) is 13.8. The van der Waals surface area contributed by atoms with E-state index in [1.54, 1.807) is 13.2 Å². The molecule has 0 bridgehead atoms. The molecule has 0 atom stereocenters. The summed E-state index contributed by atoms with van der Waals surface area (Å²) >= 11 is 0. The summed E-state index contributed by atoms with van der Waals surface area (Å²) in [7, 11) is 3.08. The number of halogens is 1. The van der Waals surface area contributed by atoms with Gasteiger partial charge < -0.3 is 20.1 Å². The van der Waals surface area contributed by atoms with Crippen LogP contribution in [0.25, 0.3) is 0 Å². The third kappa shape index (κ3) is 4.70. The minimum Gasteiger partial charge on any atom is -0.497 e. The van der Waals surface area contributed by atoms with Gasteiger partial charge in [-0.1, -0.05) is 18.2 Å². The molecule has 0 saturated heterocycles. The van der Waals surface area contributed by atoms with Gasteiger partial charge in [0.25, 0.3) is 5.91 Å². The molecule has 0 radical (unpaired) electrons. The maximum atomic E-state index is 13.9. The fourth-order valence-electron chi connectivity index (χ4n) is 2.21. The van der Waals surface area contributed by atoms with E-state index in [2.05, 4.69) is 10.6 Å². The third-order valence-corrected chi connectivity index (χ3v) is 3.50. The molecule has 0 fully saturated rings. The molecule has 0 aromatic heterocycles. The van der Waals surface area contributed by atoms with E-state index in [4.69, 9.17) is 9.47 Å². The van der Waals surface area contributed by atoms with Crippen molar-refractivity contribution >= 4 is 11.6 Å². The molecule has 0 unspecified atom stereocenters. The van der Waals surface area contributed by atoms with E-state index in [-0.39, 0.29) is 5.56 Å². The summed E-state index contributed by atoms with van der Waals surface area (Å²) in [6, 6.07) is 11.8. The van der Waals surface area contributed by atoms with E-state index in [9.17, 15) is 9.18 Å². The van der Waals surface area contributed by atoms with Crippen molar-refractivity contribution in [1.82, 2.24) is 5.32 Å². The number of para-hydroxylation sites is 1. The van der Waals surface area contributed by atoms with Crippen LogP contribution in [-0.2, 0) is 11.3 Å². The van der Waals surface area contributed by atoms with Gasteiger partial charge >= 0.3 is 0 Å². The van der Waals surface area contributed by atoms with E-state index in [1.165, 1.54) is 19.2 Å². The predicted molar refractivity (Wildman–Crippen MR) is 90.9 cm³/mol. The van der Waals surface area contributed by atoms with Crippen LogP contribution in [-0.4, -0.2) is 33.3 Å². The Labute approximate surface area is 140 Å². The molecule has 0 aliphatic heterocycles. The van der Waals surface area contributed by atoms with Crippen molar-refractivity contribution in [3.05, 3.63) is 59.4 Å². The summed E-state index contributed by atoms with van der Waals surface area (Å²) < 4.78 is 23.9. The molecular formula is C18H21FN2O3. The fraction of sp³-hybridized carbons (Fsp3) is 0.278. The first-order valence-corrected chi connectivity index (χ1v) is 7.58. The van der Waals surface area contributed by atoms with Crippen LogP contribution in [0.2, 0.25) is 0 Å². The number of hydrogen-bond donors (Lipinski definition) is 2. The van der Waals surface area contributed by atoms with E-state index in [0.717, 1.165) is 11.3 Å². The van der Waals surface area contributed by atoms with Gasteiger partial charge in [-0.25, -0.2) is 4.39 Å². The van der Waals surface area contributed by atoms with Crippen LogP contribution in [0.3, 0.4) is 0 Å². The van der Waals surface area contributed by atoms with Crippen LogP contribution >= 0.6 is 0 Å². The van der Waals surface area contributed by atoms with Crippen LogP contribution in [0.5, 0.6) is 5.75 Å². The number of amides is 1. The number of benzene rings is 2. The van der Waals surface area contributed by atoms with E-state index >= 15 is 0 Å². The normalized spacial score (nSPS) is 10.3. The zero-order valence-corrected chi connectivity index (χ0v) is 13.8. The van der Waals surface area contributed by atoms with Crippen molar-refractivity contribution in [2.24, 2.45) is 0 Å². The quantitative estimate of drug-likeness (QED) is 0.730. The number of methoxy groups -OCH3 is 2. The van der Waals surface area contributed by atoms with Gasteiger partial charge in [0.2, 0.25) is 0 Å². The Balaban J connectivity index is 2.01. The van der Waals surface area contributed by atoms with Gasteiger partial charge in [0.1, 0.15) is 11.6 Å². The van der Waals surface area contributed by atoms with E-state index < -0.39 is 11.7 Å². The molecule has 5 nitrogen and oxygen atoms in total. The van der Waals surface area contributed by atoms with Crippen LogP contribution in [0.1, 0.15) is 15.9 Å². The molecule has 0 aliphatic rings. The van der Waals surface area contributed by atoms with Crippen LogP contribution < -0.4 is 15.4 Å². The summed E-state index contributed by atoms with van der Waals surface area (Å²) in [6.07, 6.45) is 0. The Morgan fingerprint density at radius 3 is 2.67 bits per heavy atom. The molecule has 24 heavy (non-hydrogen) atoms. The summed E-state index contributed by atoms with van der Waals surface area (Å²) in [5, 5.41) is 5.97. The lowest BCUT2D eigenvalue weighted by molar-refractivity contribution is 0.0947. The molecule has 2 aromatic carbocycles. The molecule has 2 rings (SSSR count). The van der Waals surface area contributed by atoms with E-state index in [1.807, 2.05) is 24.3 Å². The zero-order chi connectivity index (χ0) is 17.4. The second-order valence-electron chi connectivity index (χ2n) is 5.11. The van der Waals surface area contributed by atoms with Crippen LogP contribution in [0, 0.1) is 5.82 Å². The average Bonchev–Trinajstić information content (AvgIpc) is 2.60. The number of carbonyl (C=O) groups is 1. The standard InChI is InChI=1S/C18H21FN2O3/c1-23-10-9-20-17-6-4-3-5-13(17)12-21-18(22)15-8-7-14(24-2)11-16(15)19/h3-8,11,20H,9-10,12H2,1-2H3,(H,21,22). The Morgan fingerprint density at radius 2 is 1.96 bits per heavy atom. The molecular weight excluding hydrogens is 311 g/mol. The van der Waals surface area contributed by atoms with Gasteiger partial charge in [0, 0.05) is 32.0 Å². The topological polar surface area (TPSA) is 59.6 Å². The van der Waals surface area contributed by atoms with Crippen LogP contribution in [0.4, 0.5) is 10.1 Å². The molecule has 0 saturated carbocycles. The van der Waals surface area contributed by atoms with Crippen molar-refractivity contribution in [2.45, 2.75) is 6.54 Å². The van der Waals surface area contributed by atoms with Gasteiger partial charge in [0.15, 0.2) is 0 Å². The fourth-order valence-corrected chi connectivity index (χ4v) is 2.21. The molecule has 0 spiro atoms. The number of carbonyl (C=O) groups excluding carboxylic acids is 1. The molecule has 0 aliphatic carbocycles. The SMILES string of the molecule is COCCNc1ccccc1CNC(=O)c1ccc(OC)cc1F. The maximum absolute atomic E-state index is 13.9. The smallest absolute Gasteiger partial charge is 0.254 e. The maximum Gasteiger partial charge on any atom is 0.254 e. The minimum atomic E-state index is -0.613. The van der Waals surface area contributed by atoms with Crippen molar-refractivity contribution < 1.29 is 18.7 Å². The number of anilines is 1. The average molecular weight is 332 g/mol. The van der Waals surface area contributed by atoms with Crippen molar-refractivity contribution in [3.8, 4) is 5.75 Å². The molecule has 1 amide bonds. The molecule has 2 aromatic rings. The minimum absolute atomic E-state index is 0.0133. The highest BCUT2D eigenvalue weighted by atomic mass is 19.1. The highest BCUT2D eigenvalue weighted by molar-refractivity contribution is 5.94. The molecule has 0 heterocycles. The number of ether oxygens (including phenoxy) is 2. The summed E-state index contributed by atoms with van der Waals surface area (Å²) in [5.41, 5.74) is 1.81. The first kappa shape index (κ1) is 17.7. The number of rotatable bonds is 8. The molecule has 2 N–H and O–H groups in total. The lowest BCUT2D eigenvalue weighted by atomic mass is 10.1. The second kappa shape index (κ2) is 8.88. The first-order chi connectivity index (χ1) is 11.7. The van der Waals surface area contributed by atoms with Gasteiger partial charge in [-0.2, -0.15) is 0 Å². The summed E-state index contributed by atoms with van der Waals surface area (Å²) in [6.45, 7) is 1.53. The molecule has 128 valence electrons. The Bertz CT molecular complexity index is 692. The van der Waals surface area contributed by atoms with Crippen molar-refractivity contribution in [2.75, 3.05) is 32.7 Å². The summed E-state index contributed by atoms with van der Waals surface area (Å²) in [5.74, 6) is -0.711. The first-order valence-electron chi connectivity index (χ1n) is 7.58. The highest BCUT2D eigenvalue weighted by Gasteiger charge is 2.13. The van der Waals surface area contributed by atoms with Gasteiger partial charge in [-0.15, -0.1) is 0 Å². The van der Waals surface area contributed by atoms with E-state index in [0.29, 0.717) is 25.4 Å². The van der Waals surface area contributed by atoms with Gasteiger partial charge in [0.05, 0.1) is 19.3 Å². The predicted octanol–water partition coefficient (Wildman–Crippen LogP) is 2.82. The third-order valence-electron chi connectivity index (χ3n) is 3.50. The number of hydrogen-bond acceptors (Lipinski definition) is 4. The Morgan fingerprint density at radius 1 is 1.17 bits per heavy atom. The Kier molecular flexibility index (Phi) is 6.57. The molecule has 6 heteroatoms. The lowest BCUT2D eigenvalue weighted by Gasteiger charge is -2.13. The van der Waals surface area contributed by atoms with Crippen molar-refractivity contribution in [3.63, 3.8) is 0 Å². The van der Waals surface area contributed by atoms with Gasteiger partial charge in [-0.05, 0) is 23.8 Å². The van der Waals surface area contributed by atoms with Crippen LogP contribution in [0.15, 0.2) is 42.5 Å². The Hall–Kier alpha value is -2.60. The van der Waals surface area contributed by atoms with Crippen molar-refractivity contribution in [1.29, 1.82) is 0 Å². The lowest BCUT2D eigenvalue weighted by Crippen LogP contribution is -2.24. The summed E-state index contributed by atoms with van der Waals surface area (Å²) in [4.78, 5) is 12.2. The highest BCUT2D eigenvalue weighted by Crippen LogP contribution is 2.17. The van der Waals surface area contributed by atoms with Gasteiger partial charge in [-0.3, -0.25) is 4.79 Å².